The van der Waals surface area contributed by atoms with Gasteiger partial charge < -0.3 is 29.9 Å². The van der Waals surface area contributed by atoms with Gasteiger partial charge in [0, 0.05) is 0 Å². The number of aliphatic hydroxyl groups is 4. The van der Waals surface area contributed by atoms with Crippen molar-refractivity contribution in [2.45, 2.75) is 149 Å². The summed E-state index contributed by atoms with van der Waals surface area (Å²) < 4.78 is 11.9. The van der Waals surface area contributed by atoms with E-state index in [0.717, 1.165) is 60.7 Å². The molecule has 0 amide bonds. The smallest absolute Gasteiger partial charge is 0.186 e. The predicted octanol–water partition coefficient (Wildman–Crippen LogP) is 5.85. The van der Waals surface area contributed by atoms with Crippen molar-refractivity contribution in [1.82, 2.24) is 0 Å². The van der Waals surface area contributed by atoms with Gasteiger partial charge in [-0.1, -0.05) is 66.0 Å². The summed E-state index contributed by atoms with van der Waals surface area (Å²) in [5.41, 5.74) is 2.19. The molecule has 0 spiro atoms. The Morgan fingerprint density at radius 1 is 0.951 bits per heavy atom. The van der Waals surface area contributed by atoms with E-state index in [1.165, 1.54) is 56.9 Å². The molecule has 5 aliphatic rings. The van der Waals surface area contributed by atoms with Gasteiger partial charge in [0.15, 0.2) is 6.29 Å². The van der Waals surface area contributed by atoms with Crippen LogP contribution in [0.4, 0.5) is 0 Å². The van der Waals surface area contributed by atoms with Crippen molar-refractivity contribution in [1.29, 1.82) is 0 Å². The Labute approximate surface area is 249 Å². The molecule has 0 radical (unpaired) electrons. The molecule has 6 heteroatoms. The monoisotopic (exact) mass is 576 g/mol. The summed E-state index contributed by atoms with van der Waals surface area (Å²) in [6.07, 6.45) is 9.92. The molecule has 4 fully saturated rings. The minimum Gasteiger partial charge on any atom is -0.394 e. The fourth-order valence-electron chi connectivity index (χ4n) is 10.8. The molecule has 0 aromatic rings. The summed E-state index contributed by atoms with van der Waals surface area (Å²) in [6, 6.07) is 0. The number of ether oxygens (including phenoxy) is 2. The predicted molar refractivity (Wildman–Crippen MR) is 161 cm³/mol. The van der Waals surface area contributed by atoms with Crippen molar-refractivity contribution >= 4 is 0 Å². The second-order valence-corrected chi connectivity index (χ2v) is 15.7. The van der Waals surface area contributed by atoms with Gasteiger partial charge >= 0.3 is 0 Å². The molecule has 1 heterocycles. The van der Waals surface area contributed by atoms with Crippen LogP contribution in [0, 0.1) is 52.3 Å². The minimum absolute atomic E-state index is 0.101. The third-order valence-corrected chi connectivity index (χ3v) is 13.5. The summed E-state index contributed by atoms with van der Waals surface area (Å²) >= 11 is 0. The van der Waals surface area contributed by atoms with Gasteiger partial charge in [-0.05, 0) is 110 Å². The van der Waals surface area contributed by atoms with Crippen molar-refractivity contribution in [3.63, 3.8) is 0 Å². The Hall–Kier alpha value is -0.500. The Morgan fingerprint density at radius 2 is 1.71 bits per heavy atom. The van der Waals surface area contributed by atoms with E-state index >= 15 is 0 Å². The third kappa shape index (κ3) is 5.73. The highest BCUT2D eigenvalue weighted by atomic mass is 16.7. The second-order valence-electron chi connectivity index (χ2n) is 15.7. The first kappa shape index (κ1) is 31.9. The van der Waals surface area contributed by atoms with Crippen molar-refractivity contribution in [2.24, 2.45) is 52.3 Å². The van der Waals surface area contributed by atoms with Crippen LogP contribution in [0.2, 0.25) is 0 Å². The maximum atomic E-state index is 10.5. The Kier molecular flexibility index (Phi) is 9.71. The summed E-state index contributed by atoms with van der Waals surface area (Å²) in [7, 11) is 0. The lowest BCUT2D eigenvalue weighted by atomic mass is 9.47. The molecule has 1 saturated heterocycles. The van der Waals surface area contributed by atoms with Crippen LogP contribution in [-0.2, 0) is 9.47 Å². The maximum Gasteiger partial charge on any atom is 0.186 e. The average Bonchev–Trinajstić information content (AvgIpc) is 3.30. The van der Waals surface area contributed by atoms with Crippen LogP contribution >= 0.6 is 0 Å². The van der Waals surface area contributed by atoms with Crippen LogP contribution in [0.5, 0.6) is 0 Å². The molecular formula is C35H60O6. The zero-order chi connectivity index (χ0) is 29.7. The number of fused-ring (bicyclic) bond motifs is 5. The van der Waals surface area contributed by atoms with Gasteiger partial charge in [0.1, 0.15) is 24.4 Å². The lowest BCUT2D eigenvalue weighted by Crippen LogP contribution is -2.60. The molecule has 4 N–H and O–H groups in total. The van der Waals surface area contributed by atoms with Gasteiger partial charge in [-0.2, -0.15) is 0 Å². The first-order valence-corrected chi connectivity index (χ1v) is 17.1. The van der Waals surface area contributed by atoms with E-state index in [0.29, 0.717) is 5.41 Å². The molecule has 0 aromatic carbocycles. The summed E-state index contributed by atoms with van der Waals surface area (Å²) in [6.45, 7) is 14.5. The zero-order valence-corrected chi connectivity index (χ0v) is 26.7. The van der Waals surface area contributed by atoms with Crippen LogP contribution in [0.1, 0.15) is 112 Å². The molecule has 0 aromatic heterocycles. The SMILES string of the molecule is CC[C@H](CC[C@@H](C)[C@H]1CC[C@H]2[C@@H]3CC=C4C[C@@H](O[C@@H]5O[C@@H](CO)[C@@H](O)[C@@H](O)[C@H]5O)CC[C@]4(C)[C@H]3CC[C@]12C)C(C)C. The Morgan fingerprint density at radius 3 is 2.39 bits per heavy atom. The highest BCUT2D eigenvalue weighted by Gasteiger charge is 2.59. The van der Waals surface area contributed by atoms with Crippen LogP contribution in [0.3, 0.4) is 0 Å². The highest BCUT2D eigenvalue weighted by Crippen LogP contribution is 2.67. The van der Waals surface area contributed by atoms with E-state index in [1.54, 1.807) is 0 Å². The molecular weight excluding hydrogens is 516 g/mol. The van der Waals surface area contributed by atoms with Crippen molar-refractivity contribution in [3.8, 4) is 0 Å². The van der Waals surface area contributed by atoms with Gasteiger partial charge in [-0.3, -0.25) is 0 Å². The van der Waals surface area contributed by atoms with E-state index in [1.807, 2.05) is 0 Å². The molecule has 0 bridgehead atoms. The Balaban J connectivity index is 1.24. The fourth-order valence-corrected chi connectivity index (χ4v) is 10.8. The largest absolute Gasteiger partial charge is 0.394 e. The zero-order valence-electron chi connectivity index (χ0n) is 26.7. The first-order valence-electron chi connectivity index (χ1n) is 17.1. The molecule has 4 aliphatic carbocycles. The summed E-state index contributed by atoms with van der Waals surface area (Å²) in [4.78, 5) is 0. The molecule has 3 saturated carbocycles. The molecule has 1 aliphatic heterocycles. The second kappa shape index (κ2) is 12.5. The van der Waals surface area contributed by atoms with E-state index in [2.05, 4.69) is 47.6 Å². The van der Waals surface area contributed by atoms with Gasteiger partial charge in [0.25, 0.3) is 0 Å². The molecule has 41 heavy (non-hydrogen) atoms. The summed E-state index contributed by atoms with van der Waals surface area (Å²) in [5.74, 6) is 5.66. The third-order valence-electron chi connectivity index (χ3n) is 13.5. The minimum atomic E-state index is -1.40. The molecule has 5 rings (SSSR count). The van der Waals surface area contributed by atoms with E-state index in [-0.39, 0.29) is 11.5 Å². The van der Waals surface area contributed by atoms with Crippen LogP contribution in [-0.4, -0.2) is 63.8 Å². The number of rotatable bonds is 9. The van der Waals surface area contributed by atoms with Gasteiger partial charge in [0.05, 0.1) is 12.7 Å². The van der Waals surface area contributed by atoms with Gasteiger partial charge in [-0.25, -0.2) is 0 Å². The molecule has 236 valence electrons. The lowest BCUT2D eigenvalue weighted by molar-refractivity contribution is -0.313. The van der Waals surface area contributed by atoms with Crippen LogP contribution < -0.4 is 0 Å². The van der Waals surface area contributed by atoms with Crippen molar-refractivity contribution in [3.05, 3.63) is 11.6 Å². The maximum absolute atomic E-state index is 10.5. The lowest BCUT2D eigenvalue weighted by Gasteiger charge is -2.58. The molecule has 14 atom stereocenters. The standard InChI is InChI=1S/C35H60O6/c1-7-22(20(2)3)9-8-21(4)26-12-13-27-25-11-10-23-18-24(14-16-34(23,5)28(25)15-17-35(26,27)6)40-33-32(39)31(38)30(37)29(19-36)41-33/h10,20-22,24-33,36-39H,7-9,11-19H2,1-6H3/t21-,22-,24+,25+,26-,27+,28+,29+,30-,31-,32-,33-,34+,35-/m1/s1. The van der Waals surface area contributed by atoms with Crippen LogP contribution in [0.15, 0.2) is 11.6 Å². The first-order chi connectivity index (χ1) is 19.4. The van der Waals surface area contributed by atoms with E-state index in [4.69, 9.17) is 9.47 Å². The Bertz CT molecular complexity index is 918. The normalized spacial score (nSPS) is 47.7. The number of aliphatic hydroxyl groups excluding tert-OH is 4. The molecule has 6 nitrogen and oxygen atoms in total. The van der Waals surface area contributed by atoms with Gasteiger partial charge in [0.2, 0.25) is 0 Å². The molecule has 0 unspecified atom stereocenters. The number of hydrogen-bond acceptors (Lipinski definition) is 6. The quantitative estimate of drug-likeness (QED) is 0.257. The van der Waals surface area contributed by atoms with Crippen LogP contribution in [0.25, 0.3) is 0 Å². The fraction of sp³-hybridized carbons (Fsp3) is 0.943. The highest BCUT2D eigenvalue weighted by molar-refractivity contribution is 5.25. The average molecular weight is 577 g/mol. The van der Waals surface area contributed by atoms with E-state index in [9.17, 15) is 20.4 Å². The van der Waals surface area contributed by atoms with E-state index < -0.39 is 37.3 Å². The van der Waals surface area contributed by atoms with Gasteiger partial charge in [-0.15, -0.1) is 0 Å². The topological polar surface area (TPSA) is 99.4 Å². The number of hydrogen-bond donors (Lipinski definition) is 4. The van der Waals surface area contributed by atoms with Crippen molar-refractivity contribution in [2.75, 3.05) is 6.61 Å². The number of allylic oxidation sites excluding steroid dienone is 1. The van der Waals surface area contributed by atoms with Crippen molar-refractivity contribution < 1.29 is 29.9 Å². The summed E-state index contributed by atoms with van der Waals surface area (Å²) in [5, 5.41) is 40.4.